The zero-order valence-corrected chi connectivity index (χ0v) is 12.6. The van der Waals surface area contributed by atoms with Gasteiger partial charge in [-0.15, -0.1) is 0 Å². The van der Waals surface area contributed by atoms with Crippen LogP contribution in [0.3, 0.4) is 0 Å². The number of rotatable bonds is 3. The van der Waals surface area contributed by atoms with E-state index < -0.39 is 0 Å². The van der Waals surface area contributed by atoms with E-state index in [0.717, 1.165) is 38.0 Å². The fourth-order valence-electron chi connectivity index (χ4n) is 3.40. The number of nitrogens with zero attached hydrogens (tertiary/aromatic N) is 3. The first kappa shape index (κ1) is 14.3. The molecule has 0 radical (unpaired) electrons. The van der Waals surface area contributed by atoms with Crippen molar-refractivity contribution in [2.45, 2.75) is 31.7 Å². The van der Waals surface area contributed by atoms with Crippen LogP contribution in [-0.4, -0.2) is 55.2 Å². The minimum Gasteiger partial charge on any atom is -0.465 e. The van der Waals surface area contributed by atoms with Crippen molar-refractivity contribution >= 4 is 11.8 Å². The Balaban J connectivity index is 1.57. The molecule has 1 aromatic rings. The summed E-state index contributed by atoms with van der Waals surface area (Å²) in [5, 5.41) is 0. The third-order valence-corrected chi connectivity index (χ3v) is 4.65. The number of ether oxygens (including phenoxy) is 1. The molecule has 2 heterocycles. The highest BCUT2D eigenvalue weighted by molar-refractivity contribution is 5.89. The average Bonchev–Trinajstić information content (AvgIpc) is 3.09. The second kappa shape index (κ2) is 6.43. The van der Waals surface area contributed by atoms with Gasteiger partial charge in [0, 0.05) is 38.4 Å². The zero-order valence-electron chi connectivity index (χ0n) is 12.6. The van der Waals surface area contributed by atoms with Crippen LogP contribution in [0.1, 0.15) is 36.0 Å². The van der Waals surface area contributed by atoms with Gasteiger partial charge in [0.25, 0.3) is 0 Å². The predicted molar refractivity (Wildman–Crippen MR) is 81.6 cm³/mol. The van der Waals surface area contributed by atoms with Crippen molar-refractivity contribution in [1.29, 1.82) is 0 Å². The van der Waals surface area contributed by atoms with Crippen LogP contribution < -0.4 is 4.90 Å². The molecular weight excluding hydrogens is 266 g/mol. The topological polar surface area (TPSA) is 45.7 Å². The van der Waals surface area contributed by atoms with Gasteiger partial charge < -0.3 is 9.64 Å². The van der Waals surface area contributed by atoms with Gasteiger partial charge >= 0.3 is 5.97 Å². The van der Waals surface area contributed by atoms with E-state index in [1.165, 1.54) is 32.8 Å². The van der Waals surface area contributed by atoms with Crippen LogP contribution in [-0.2, 0) is 4.74 Å². The highest BCUT2D eigenvalue weighted by Gasteiger charge is 2.26. The normalized spacial score (nSPS) is 20.7. The summed E-state index contributed by atoms with van der Waals surface area (Å²) in [5.41, 5.74) is 0.505. The highest BCUT2D eigenvalue weighted by Crippen LogP contribution is 2.25. The number of hydrogen-bond acceptors (Lipinski definition) is 5. The van der Waals surface area contributed by atoms with E-state index >= 15 is 0 Å². The van der Waals surface area contributed by atoms with Crippen LogP contribution in [0.2, 0.25) is 0 Å². The Morgan fingerprint density at radius 3 is 2.48 bits per heavy atom. The molecule has 1 saturated carbocycles. The van der Waals surface area contributed by atoms with Gasteiger partial charge in [0.2, 0.25) is 0 Å². The number of piperazine rings is 1. The van der Waals surface area contributed by atoms with Crippen LogP contribution in [0.5, 0.6) is 0 Å². The molecule has 2 aliphatic rings. The maximum atomic E-state index is 11.4. The third-order valence-electron chi connectivity index (χ3n) is 4.65. The van der Waals surface area contributed by atoms with Crippen LogP contribution in [0, 0.1) is 0 Å². The van der Waals surface area contributed by atoms with Gasteiger partial charge in [0.1, 0.15) is 5.82 Å². The van der Waals surface area contributed by atoms with Crippen molar-refractivity contribution in [3.8, 4) is 0 Å². The number of esters is 1. The number of aromatic nitrogens is 1. The van der Waals surface area contributed by atoms with Crippen molar-refractivity contribution in [1.82, 2.24) is 9.88 Å². The van der Waals surface area contributed by atoms with Crippen molar-refractivity contribution < 1.29 is 9.53 Å². The van der Waals surface area contributed by atoms with E-state index in [1.54, 1.807) is 12.3 Å². The molecule has 1 aliphatic carbocycles. The summed E-state index contributed by atoms with van der Waals surface area (Å²) in [5.74, 6) is 0.619. The molecule has 0 unspecified atom stereocenters. The molecule has 114 valence electrons. The maximum Gasteiger partial charge on any atom is 0.339 e. The molecule has 5 nitrogen and oxygen atoms in total. The summed E-state index contributed by atoms with van der Waals surface area (Å²) < 4.78 is 4.69. The van der Waals surface area contributed by atoms with Gasteiger partial charge in [0.15, 0.2) is 0 Å². The lowest BCUT2D eigenvalue weighted by Crippen LogP contribution is -2.50. The molecule has 0 spiro atoms. The molecule has 0 N–H and O–H groups in total. The van der Waals surface area contributed by atoms with E-state index in [0.29, 0.717) is 5.56 Å². The molecule has 0 aromatic carbocycles. The van der Waals surface area contributed by atoms with Gasteiger partial charge in [-0.1, -0.05) is 12.8 Å². The Bertz CT molecular complexity index is 475. The summed E-state index contributed by atoms with van der Waals surface area (Å²) in [7, 11) is 1.39. The van der Waals surface area contributed by atoms with E-state index in [4.69, 9.17) is 4.74 Å². The molecule has 1 aliphatic heterocycles. The minimum atomic E-state index is -0.333. The predicted octanol–water partition coefficient (Wildman–Crippen LogP) is 1.93. The van der Waals surface area contributed by atoms with Crippen LogP contribution in [0.4, 0.5) is 5.82 Å². The van der Waals surface area contributed by atoms with Crippen LogP contribution >= 0.6 is 0 Å². The van der Waals surface area contributed by atoms with E-state index in [2.05, 4.69) is 14.8 Å². The number of hydrogen-bond donors (Lipinski definition) is 0. The Morgan fingerprint density at radius 1 is 1.19 bits per heavy atom. The largest absolute Gasteiger partial charge is 0.465 e. The Labute approximate surface area is 125 Å². The summed E-state index contributed by atoms with van der Waals surface area (Å²) in [4.78, 5) is 20.7. The van der Waals surface area contributed by atoms with E-state index in [-0.39, 0.29) is 5.97 Å². The molecule has 0 amide bonds. The summed E-state index contributed by atoms with van der Waals surface area (Å²) in [6, 6.07) is 4.51. The maximum absolute atomic E-state index is 11.4. The lowest BCUT2D eigenvalue weighted by atomic mass is 10.2. The zero-order chi connectivity index (χ0) is 14.7. The summed E-state index contributed by atoms with van der Waals surface area (Å²) >= 11 is 0. The number of methoxy groups -OCH3 is 1. The number of pyridine rings is 1. The molecule has 1 aromatic heterocycles. The van der Waals surface area contributed by atoms with Gasteiger partial charge in [-0.25, -0.2) is 9.78 Å². The van der Waals surface area contributed by atoms with Gasteiger partial charge in [-0.05, 0) is 25.0 Å². The third kappa shape index (κ3) is 3.18. The number of carbonyl (C=O) groups excluding carboxylic acids is 1. The smallest absolute Gasteiger partial charge is 0.339 e. The molecule has 5 heteroatoms. The van der Waals surface area contributed by atoms with E-state index in [9.17, 15) is 4.79 Å². The Morgan fingerprint density at radius 2 is 1.90 bits per heavy atom. The van der Waals surface area contributed by atoms with Crippen molar-refractivity contribution in [2.75, 3.05) is 38.2 Å². The fourth-order valence-corrected chi connectivity index (χ4v) is 3.40. The first-order valence-electron chi connectivity index (χ1n) is 7.81. The monoisotopic (exact) mass is 289 g/mol. The SMILES string of the molecule is COC(=O)c1ccc(N2CCN(C3CCCC3)CC2)nc1. The lowest BCUT2D eigenvalue weighted by Gasteiger charge is -2.38. The van der Waals surface area contributed by atoms with Gasteiger partial charge in [-0.3, -0.25) is 4.90 Å². The average molecular weight is 289 g/mol. The summed E-state index contributed by atoms with van der Waals surface area (Å²) in [6.07, 6.45) is 7.12. The standard InChI is InChI=1S/C16H23N3O2/c1-21-16(20)13-6-7-15(17-12-13)19-10-8-18(9-11-19)14-4-2-3-5-14/h6-7,12,14H,2-5,8-11H2,1H3. The number of carbonyl (C=O) groups is 1. The Kier molecular flexibility index (Phi) is 4.39. The quantitative estimate of drug-likeness (QED) is 0.796. The Hall–Kier alpha value is -1.62. The van der Waals surface area contributed by atoms with Crippen LogP contribution in [0.15, 0.2) is 18.3 Å². The highest BCUT2D eigenvalue weighted by atomic mass is 16.5. The molecule has 1 saturated heterocycles. The molecule has 0 atom stereocenters. The molecule has 21 heavy (non-hydrogen) atoms. The first-order valence-corrected chi connectivity index (χ1v) is 7.81. The second-order valence-electron chi connectivity index (χ2n) is 5.86. The molecular formula is C16H23N3O2. The molecule has 2 fully saturated rings. The number of anilines is 1. The van der Waals surface area contributed by atoms with Crippen molar-refractivity contribution in [3.05, 3.63) is 23.9 Å². The van der Waals surface area contributed by atoms with Gasteiger partial charge in [0.05, 0.1) is 12.7 Å². The van der Waals surface area contributed by atoms with Crippen molar-refractivity contribution in [2.24, 2.45) is 0 Å². The lowest BCUT2D eigenvalue weighted by molar-refractivity contribution is 0.0600. The van der Waals surface area contributed by atoms with Gasteiger partial charge in [-0.2, -0.15) is 0 Å². The second-order valence-corrected chi connectivity index (χ2v) is 5.86. The van der Waals surface area contributed by atoms with E-state index in [1.807, 2.05) is 6.07 Å². The minimum absolute atomic E-state index is 0.333. The molecule has 0 bridgehead atoms. The fraction of sp³-hybridized carbons (Fsp3) is 0.625. The van der Waals surface area contributed by atoms with Crippen LogP contribution in [0.25, 0.3) is 0 Å². The molecule has 3 rings (SSSR count). The van der Waals surface area contributed by atoms with Crippen molar-refractivity contribution in [3.63, 3.8) is 0 Å². The first-order chi connectivity index (χ1) is 10.3. The summed E-state index contributed by atoms with van der Waals surface area (Å²) in [6.45, 7) is 4.26.